The molecule has 2 heterocycles. The van der Waals surface area contributed by atoms with E-state index in [4.69, 9.17) is 9.84 Å². The number of esters is 1. The Balaban J connectivity index is 2.55. The minimum Gasteiger partial charge on any atom is -0.481 e. The van der Waals surface area contributed by atoms with Gasteiger partial charge < -0.3 is 9.84 Å². The molecule has 1 N–H and O–H groups in total. The summed E-state index contributed by atoms with van der Waals surface area (Å²) in [6.45, 7) is 5.47. The van der Waals surface area contributed by atoms with E-state index in [0.717, 1.165) is 0 Å². The zero-order valence-electron chi connectivity index (χ0n) is 11.5. The summed E-state index contributed by atoms with van der Waals surface area (Å²) in [6.07, 6.45) is -0.130. The van der Waals surface area contributed by atoms with Gasteiger partial charge in [-0.25, -0.2) is 14.3 Å². The molecule has 0 unspecified atom stereocenters. The van der Waals surface area contributed by atoms with Gasteiger partial charge in [0.25, 0.3) is 0 Å². The van der Waals surface area contributed by atoms with Gasteiger partial charge in [0.15, 0.2) is 11.3 Å². The molecule has 0 bridgehead atoms. The molecular formula is C13H15N3O4. The quantitative estimate of drug-likeness (QED) is 0.842. The number of fused-ring (bicyclic) bond motifs is 1. The Morgan fingerprint density at radius 1 is 1.40 bits per heavy atom. The van der Waals surface area contributed by atoms with Gasteiger partial charge in [0, 0.05) is 23.0 Å². The number of aromatic nitrogens is 3. The van der Waals surface area contributed by atoms with E-state index >= 15 is 0 Å². The Morgan fingerprint density at radius 2 is 2.10 bits per heavy atom. The molecule has 2 aromatic heterocycles. The van der Waals surface area contributed by atoms with Gasteiger partial charge in [-0.3, -0.25) is 4.79 Å². The van der Waals surface area contributed by atoms with Gasteiger partial charge in [-0.2, -0.15) is 5.10 Å². The number of carboxylic acid groups (broad SMARTS) is 1. The number of nitrogens with zero attached hydrogens (tertiary/aromatic N) is 3. The summed E-state index contributed by atoms with van der Waals surface area (Å²) in [5, 5.41) is 13.0. The number of hydrogen-bond acceptors (Lipinski definition) is 5. The Labute approximate surface area is 115 Å². The molecule has 7 nitrogen and oxygen atoms in total. The Hall–Kier alpha value is -2.44. The highest BCUT2D eigenvalue weighted by atomic mass is 16.5. The summed E-state index contributed by atoms with van der Waals surface area (Å²) in [5.41, 5.74) is 2.54. The van der Waals surface area contributed by atoms with Crippen LogP contribution in [0.5, 0.6) is 0 Å². The molecule has 0 spiro atoms. The summed E-state index contributed by atoms with van der Waals surface area (Å²) in [7, 11) is 0. The molecule has 2 aromatic rings. The fourth-order valence-electron chi connectivity index (χ4n) is 2.04. The Morgan fingerprint density at radius 3 is 2.70 bits per heavy atom. The van der Waals surface area contributed by atoms with E-state index in [1.807, 2.05) is 0 Å². The van der Waals surface area contributed by atoms with Crippen LogP contribution in [-0.4, -0.2) is 38.3 Å². The number of carboxylic acids is 1. The number of rotatable bonds is 4. The van der Waals surface area contributed by atoms with E-state index in [0.29, 0.717) is 22.6 Å². The molecular weight excluding hydrogens is 262 g/mol. The molecule has 106 valence electrons. The molecule has 0 aliphatic carbocycles. The molecule has 0 fully saturated rings. The fourth-order valence-corrected chi connectivity index (χ4v) is 2.04. The van der Waals surface area contributed by atoms with Crippen LogP contribution in [0.3, 0.4) is 0 Å². The van der Waals surface area contributed by atoms with Crippen molar-refractivity contribution in [3.05, 3.63) is 28.7 Å². The van der Waals surface area contributed by atoms with Crippen LogP contribution < -0.4 is 0 Å². The average molecular weight is 277 g/mol. The van der Waals surface area contributed by atoms with Crippen LogP contribution in [0.25, 0.3) is 5.65 Å². The second-order valence-corrected chi connectivity index (χ2v) is 4.35. The van der Waals surface area contributed by atoms with E-state index in [2.05, 4.69) is 10.1 Å². The van der Waals surface area contributed by atoms with E-state index in [1.165, 1.54) is 10.6 Å². The van der Waals surface area contributed by atoms with Gasteiger partial charge in [-0.05, 0) is 20.8 Å². The minimum absolute atomic E-state index is 0.130. The third kappa shape index (κ3) is 2.47. The van der Waals surface area contributed by atoms with Gasteiger partial charge >= 0.3 is 11.9 Å². The zero-order valence-corrected chi connectivity index (χ0v) is 11.5. The zero-order chi connectivity index (χ0) is 14.9. The standard InChI is InChI=1S/C13H15N3O4/c1-4-20-13(19)10-6-11-14-7(2)9(5-12(17)18)8(3)16(11)15-10/h6H,4-5H2,1-3H3,(H,17,18). The largest absolute Gasteiger partial charge is 0.481 e. The molecule has 0 amide bonds. The maximum absolute atomic E-state index is 11.7. The number of ether oxygens (including phenoxy) is 1. The predicted octanol–water partition coefficient (Wildman–Crippen LogP) is 1.15. The maximum Gasteiger partial charge on any atom is 0.358 e. The lowest BCUT2D eigenvalue weighted by Gasteiger charge is -2.08. The fraction of sp³-hybridized carbons (Fsp3) is 0.385. The number of aliphatic carboxylic acids is 1. The van der Waals surface area contributed by atoms with Gasteiger partial charge in [-0.15, -0.1) is 0 Å². The van der Waals surface area contributed by atoms with Crippen LogP contribution >= 0.6 is 0 Å². The lowest BCUT2D eigenvalue weighted by atomic mass is 10.1. The van der Waals surface area contributed by atoms with Crippen molar-refractivity contribution in [1.29, 1.82) is 0 Å². The first-order chi connectivity index (χ1) is 9.43. The lowest BCUT2D eigenvalue weighted by molar-refractivity contribution is -0.136. The molecule has 20 heavy (non-hydrogen) atoms. The average Bonchev–Trinajstić information content (AvgIpc) is 2.78. The molecule has 0 radical (unpaired) electrons. The first kappa shape index (κ1) is 14.0. The van der Waals surface area contributed by atoms with E-state index < -0.39 is 11.9 Å². The van der Waals surface area contributed by atoms with Crippen molar-refractivity contribution in [2.24, 2.45) is 0 Å². The van der Waals surface area contributed by atoms with Gasteiger partial charge in [0.1, 0.15) is 0 Å². The van der Waals surface area contributed by atoms with Gasteiger partial charge in [-0.1, -0.05) is 0 Å². The van der Waals surface area contributed by atoms with Crippen molar-refractivity contribution in [1.82, 2.24) is 14.6 Å². The first-order valence-electron chi connectivity index (χ1n) is 6.18. The number of carbonyl (C=O) groups is 2. The monoisotopic (exact) mass is 277 g/mol. The summed E-state index contributed by atoms with van der Waals surface area (Å²) in [6, 6.07) is 1.53. The highest BCUT2D eigenvalue weighted by Crippen LogP contribution is 2.16. The minimum atomic E-state index is -0.935. The second kappa shape index (κ2) is 5.28. The number of hydrogen-bond donors (Lipinski definition) is 1. The highest BCUT2D eigenvalue weighted by Gasteiger charge is 2.17. The Bertz CT molecular complexity index is 690. The number of carbonyl (C=O) groups excluding carboxylic acids is 1. The van der Waals surface area contributed by atoms with Crippen LogP contribution in [0.15, 0.2) is 6.07 Å². The summed E-state index contributed by atoms with van der Waals surface area (Å²) >= 11 is 0. The smallest absolute Gasteiger partial charge is 0.358 e. The topological polar surface area (TPSA) is 93.8 Å². The highest BCUT2D eigenvalue weighted by molar-refractivity contribution is 5.88. The molecule has 7 heteroatoms. The van der Waals surface area contributed by atoms with Crippen molar-refractivity contribution in [3.8, 4) is 0 Å². The van der Waals surface area contributed by atoms with Crippen LogP contribution in [0.1, 0.15) is 34.4 Å². The SMILES string of the molecule is CCOC(=O)c1cc2nc(C)c(CC(=O)O)c(C)n2n1. The summed E-state index contributed by atoms with van der Waals surface area (Å²) < 4.78 is 6.36. The van der Waals surface area contributed by atoms with Gasteiger partial charge in [0.05, 0.1) is 13.0 Å². The van der Waals surface area contributed by atoms with E-state index in [-0.39, 0.29) is 18.7 Å². The second-order valence-electron chi connectivity index (χ2n) is 4.35. The molecule has 0 aliphatic rings. The number of aryl methyl sites for hydroxylation is 2. The van der Waals surface area contributed by atoms with Crippen molar-refractivity contribution in [2.45, 2.75) is 27.2 Å². The lowest BCUT2D eigenvalue weighted by Crippen LogP contribution is -2.10. The van der Waals surface area contributed by atoms with Crippen molar-refractivity contribution in [3.63, 3.8) is 0 Å². The van der Waals surface area contributed by atoms with Crippen LogP contribution in [0, 0.1) is 13.8 Å². The molecule has 0 aromatic carbocycles. The predicted molar refractivity (Wildman–Crippen MR) is 69.8 cm³/mol. The summed E-state index contributed by atoms with van der Waals surface area (Å²) in [5.74, 6) is -1.45. The van der Waals surface area contributed by atoms with E-state index in [9.17, 15) is 9.59 Å². The Kier molecular flexibility index (Phi) is 3.69. The van der Waals surface area contributed by atoms with Crippen LogP contribution in [0.4, 0.5) is 0 Å². The third-order valence-electron chi connectivity index (χ3n) is 2.98. The summed E-state index contributed by atoms with van der Waals surface area (Å²) in [4.78, 5) is 26.8. The van der Waals surface area contributed by atoms with Crippen molar-refractivity contribution < 1.29 is 19.4 Å². The molecule has 0 saturated heterocycles. The third-order valence-corrected chi connectivity index (χ3v) is 2.98. The van der Waals surface area contributed by atoms with Crippen molar-refractivity contribution in [2.75, 3.05) is 6.61 Å². The maximum atomic E-state index is 11.7. The van der Waals surface area contributed by atoms with Gasteiger partial charge in [0.2, 0.25) is 0 Å². The van der Waals surface area contributed by atoms with Crippen LogP contribution in [0.2, 0.25) is 0 Å². The first-order valence-corrected chi connectivity index (χ1v) is 6.18. The van der Waals surface area contributed by atoms with Crippen LogP contribution in [-0.2, 0) is 16.0 Å². The van der Waals surface area contributed by atoms with E-state index in [1.54, 1.807) is 20.8 Å². The molecule has 2 rings (SSSR count). The molecule has 0 atom stereocenters. The normalized spacial score (nSPS) is 10.8. The molecule has 0 saturated carbocycles. The van der Waals surface area contributed by atoms with Crippen molar-refractivity contribution >= 4 is 17.6 Å². The molecule has 0 aliphatic heterocycles.